The molecule has 1 aromatic rings. The van der Waals surface area contributed by atoms with Crippen molar-refractivity contribution >= 4 is 29.4 Å². The van der Waals surface area contributed by atoms with Gasteiger partial charge in [-0.2, -0.15) is 0 Å². The first-order valence-electron chi connectivity index (χ1n) is 6.95. The molecule has 0 spiro atoms. The fourth-order valence-corrected chi connectivity index (χ4v) is 2.04. The molecule has 0 saturated carbocycles. The molecule has 0 bridgehead atoms. The number of allylic oxidation sites excluding steroid dienone is 2. The smallest absolute Gasteiger partial charge is 0.294 e. The quantitative estimate of drug-likeness (QED) is 0.645. The van der Waals surface area contributed by atoms with Crippen LogP contribution in [0.5, 0.6) is 11.5 Å². The van der Waals surface area contributed by atoms with Gasteiger partial charge in [0.05, 0.1) is 13.2 Å². The van der Waals surface area contributed by atoms with Crippen LogP contribution in [0.1, 0.15) is 19.4 Å². The molecule has 0 atom stereocenters. The molecule has 6 heteroatoms. The highest BCUT2D eigenvalue weighted by atomic mass is 32.1. The molecular formula is C16H17NO4S. The number of carbonyl (C=O) groups excluding carboxylic acids is 1. The molecule has 1 aliphatic rings. The van der Waals surface area contributed by atoms with Crippen LogP contribution in [-0.2, 0) is 9.53 Å². The van der Waals surface area contributed by atoms with E-state index >= 15 is 0 Å². The van der Waals surface area contributed by atoms with Crippen molar-refractivity contribution in [2.75, 3.05) is 13.2 Å². The van der Waals surface area contributed by atoms with Crippen molar-refractivity contribution in [1.82, 2.24) is 5.32 Å². The monoisotopic (exact) mass is 319 g/mol. The Morgan fingerprint density at radius 2 is 1.95 bits per heavy atom. The summed E-state index contributed by atoms with van der Waals surface area (Å²) in [5.41, 5.74) is 0.921. The fraction of sp³-hybridized carbons (Fsp3) is 0.250. The molecule has 116 valence electrons. The number of thiocarbonyl (C=S) groups is 1. The van der Waals surface area contributed by atoms with Gasteiger partial charge in [0.2, 0.25) is 0 Å². The number of rotatable bonds is 6. The number of benzene rings is 1. The van der Waals surface area contributed by atoms with Gasteiger partial charge in [-0.3, -0.25) is 10.1 Å². The second-order valence-electron chi connectivity index (χ2n) is 4.31. The number of hydrogen-bond acceptors (Lipinski definition) is 5. The second kappa shape index (κ2) is 7.61. The average Bonchev–Trinajstić information content (AvgIpc) is 2.80. The Kier molecular flexibility index (Phi) is 5.55. The third-order valence-corrected chi connectivity index (χ3v) is 2.93. The van der Waals surface area contributed by atoms with Crippen LogP contribution in [0.25, 0.3) is 6.08 Å². The molecule has 2 rings (SSSR count). The minimum absolute atomic E-state index is 0.0735. The van der Waals surface area contributed by atoms with E-state index in [1.807, 2.05) is 38.1 Å². The van der Waals surface area contributed by atoms with Crippen LogP contribution in [0.3, 0.4) is 0 Å². The molecule has 0 unspecified atom stereocenters. The maximum absolute atomic E-state index is 11.4. The lowest BCUT2D eigenvalue weighted by molar-refractivity contribution is -0.116. The van der Waals surface area contributed by atoms with Crippen LogP contribution in [0.4, 0.5) is 0 Å². The van der Waals surface area contributed by atoms with Crippen molar-refractivity contribution in [2.24, 2.45) is 0 Å². The summed E-state index contributed by atoms with van der Waals surface area (Å²) < 4.78 is 16.1. The van der Waals surface area contributed by atoms with Crippen LogP contribution in [0.2, 0.25) is 0 Å². The number of nitrogens with one attached hydrogen (secondary N) is 1. The molecule has 1 saturated heterocycles. The lowest BCUT2D eigenvalue weighted by Crippen LogP contribution is -2.18. The van der Waals surface area contributed by atoms with Crippen molar-refractivity contribution in [3.05, 3.63) is 41.7 Å². The SMILES string of the molecule is CCOc1ccc(C=CC=C2OC(=S)NC2=O)cc1OCC. The predicted octanol–water partition coefficient (Wildman–Crippen LogP) is 2.81. The van der Waals surface area contributed by atoms with Gasteiger partial charge in [-0.1, -0.05) is 18.2 Å². The molecule has 1 aromatic carbocycles. The van der Waals surface area contributed by atoms with E-state index in [9.17, 15) is 4.79 Å². The summed E-state index contributed by atoms with van der Waals surface area (Å²) in [4.78, 5) is 11.4. The topological polar surface area (TPSA) is 56.8 Å². The highest BCUT2D eigenvalue weighted by Gasteiger charge is 2.21. The Balaban J connectivity index is 2.14. The van der Waals surface area contributed by atoms with Gasteiger partial charge in [-0.05, 0) is 49.8 Å². The van der Waals surface area contributed by atoms with Gasteiger partial charge >= 0.3 is 0 Å². The third-order valence-electron chi connectivity index (χ3n) is 2.75. The second-order valence-corrected chi connectivity index (χ2v) is 4.68. The van der Waals surface area contributed by atoms with E-state index in [4.69, 9.17) is 26.4 Å². The van der Waals surface area contributed by atoms with E-state index in [0.717, 1.165) is 5.56 Å². The Morgan fingerprint density at radius 3 is 2.59 bits per heavy atom. The zero-order valence-corrected chi connectivity index (χ0v) is 13.2. The standard InChI is InChI=1S/C16H17NO4S/c1-3-19-12-9-8-11(10-14(12)20-4-2)6-5-7-13-15(18)17-16(22)21-13/h5-10H,3-4H2,1-2H3,(H,17,18,22). The van der Waals surface area contributed by atoms with E-state index in [-0.39, 0.29) is 16.8 Å². The van der Waals surface area contributed by atoms with Gasteiger partial charge in [0, 0.05) is 0 Å². The van der Waals surface area contributed by atoms with Crippen molar-refractivity contribution in [3.63, 3.8) is 0 Å². The summed E-state index contributed by atoms with van der Waals surface area (Å²) in [6.07, 6.45) is 5.11. The molecule has 1 amide bonds. The van der Waals surface area contributed by atoms with Crippen LogP contribution < -0.4 is 14.8 Å². The summed E-state index contributed by atoms with van der Waals surface area (Å²) in [7, 11) is 0. The van der Waals surface area contributed by atoms with E-state index in [1.54, 1.807) is 12.2 Å². The van der Waals surface area contributed by atoms with Gasteiger partial charge in [-0.25, -0.2) is 0 Å². The van der Waals surface area contributed by atoms with Gasteiger partial charge in [-0.15, -0.1) is 0 Å². The molecule has 0 aliphatic carbocycles. The van der Waals surface area contributed by atoms with E-state index in [1.165, 1.54) is 0 Å². The Labute approximate surface area is 134 Å². The van der Waals surface area contributed by atoms with Gasteiger partial charge in [0.25, 0.3) is 11.1 Å². The highest BCUT2D eigenvalue weighted by Crippen LogP contribution is 2.29. The molecule has 1 fully saturated rings. The minimum atomic E-state index is -0.337. The normalized spacial score (nSPS) is 16.0. The zero-order valence-electron chi connectivity index (χ0n) is 12.4. The van der Waals surface area contributed by atoms with E-state index in [2.05, 4.69) is 5.32 Å². The van der Waals surface area contributed by atoms with Crippen LogP contribution in [0, 0.1) is 0 Å². The third kappa shape index (κ3) is 4.08. The van der Waals surface area contributed by atoms with Crippen LogP contribution in [-0.4, -0.2) is 24.3 Å². The lowest BCUT2D eigenvalue weighted by atomic mass is 10.2. The Morgan fingerprint density at radius 1 is 1.23 bits per heavy atom. The van der Waals surface area contributed by atoms with Crippen molar-refractivity contribution in [2.45, 2.75) is 13.8 Å². The summed E-state index contributed by atoms with van der Waals surface area (Å²) >= 11 is 4.75. The first-order valence-corrected chi connectivity index (χ1v) is 7.36. The number of ether oxygens (including phenoxy) is 3. The summed E-state index contributed by atoms with van der Waals surface area (Å²) in [6.45, 7) is 4.98. The maximum Gasteiger partial charge on any atom is 0.294 e. The first-order chi connectivity index (χ1) is 10.6. The first kappa shape index (κ1) is 16.0. The van der Waals surface area contributed by atoms with Gasteiger partial charge in [0.15, 0.2) is 17.3 Å². The summed E-state index contributed by atoms with van der Waals surface area (Å²) in [5.74, 6) is 1.24. The Hall–Kier alpha value is -2.34. The minimum Gasteiger partial charge on any atom is -0.490 e. The maximum atomic E-state index is 11.4. The molecule has 0 aromatic heterocycles. The summed E-state index contributed by atoms with van der Waals surface area (Å²) in [5, 5.41) is 2.47. The molecule has 1 heterocycles. The van der Waals surface area contributed by atoms with Gasteiger partial charge in [0.1, 0.15) is 0 Å². The van der Waals surface area contributed by atoms with Crippen molar-refractivity contribution in [1.29, 1.82) is 0 Å². The number of hydrogen-bond donors (Lipinski definition) is 1. The van der Waals surface area contributed by atoms with Crippen LogP contribution in [0.15, 0.2) is 36.1 Å². The van der Waals surface area contributed by atoms with E-state index in [0.29, 0.717) is 24.7 Å². The molecule has 22 heavy (non-hydrogen) atoms. The number of amides is 1. The molecule has 1 N–H and O–H groups in total. The molecule has 5 nitrogen and oxygen atoms in total. The zero-order chi connectivity index (χ0) is 15.9. The average molecular weight is 319 g/mol. The molecule has 1 aliphatic heterocycles. The molecular weight excluding hydrogens is 302 g/mol. The Bertz CT molecular complexity index is 637. The summed E-state index contributed by atoms with van der Waals surface area (Å²) in [6, 6.07) is 5.64. The largest absolute Gasteiger partial charge is 0.490 e. The van der Waals surface area contributed by atoms with Crippen LogP contribution >= 0.6 is 12.2 Å². The predicted molar refractivity (Wildman–Crippen MR) is 87.7 cm³/mol. The van der Waals surface area contributed by atoms with Crippen molar-refractivity contribution in [3.8, 4) is 11.5 Å². The fourth-order valence-electron chi connectivity index (χ4n) is 1.85. The van der Waals surface area contributed by atoms with Gasteiger partial charge < -0.3 is 14.2 Å². The van der Waals surface area contributed by atoms with Crippen molar-refractivity contribution < 1.29 is 19.0 Å². The number of carbonyl (C=O) groups is 1. The molecule has 0 radical (unpaired) electrons. The lowest BCUT2D eigenvalue weighted by Gasteiger charge is -2.11. The highest BCUT2D eigenvalue weighted by molar-refractivity contribution is 7.80. The van der Waals surface area contributed by atoms with E-state index < -0.39 is 0 Å².